The van der Waals surface area contributed by atoms with E-state index in [9.17, 15) is 0 Å². The number of nitrogens with zero attached hydrogens (tertiary/aromatic N) is 6. The fourth-order valence-corrected chi connectivity index (χ4v) is 4.52. The molecule has 0 amide bonds. The molecule has 4 rings (SSSR count). The standard InChI is InChI=1S/C22H33N7.HI/c1-3-19(18-9-6-5-7-10-18)27-13-15-28(16-14-27)22(23-4-2)24-17-21-26-25-20-11-8-12-29(20)21;/h5-7,9-10,19H,3-4,8,11-17H2,1-2H3,(H,23,24);1H. The Bertz CT molecular complexity index is 812. The van der Waals surface area contributed by atoms with Gasteiger partial charge in [0.15, 0.2) is 11.8 Å². The zero-order valence-electron chi connectivity index (χ0n) is 18.1. The van der Waals surface area contributed by atoms with E-state index in [0.29, 0.717) is 12.6 Å². The molecule has 2 aromatic rings. The summed E-state index contributed by atoms with van der Waals surface area (Å²) in [4.78, 5) is 9.89. The monoisotopic (exact) mass is 523 g/mol. The minimum absolute atomic E-state index is 0. The number of rotatable bonds is 6. The molecular weight excluding hydrogens is 489 g/mol. The van der Waals surface area contributed by atoms with E-state index < -0.39 is 0 Å². The zero-order chi connectivity index (χ0) is 20.1. The number of benzene rings is 1. The molecule has 1 aromatic carbocycles. The number of aliphatic imine (C=N–C) groups is 1. The van der Waals surface area contributed by atoms with Gasteiger partial charge >= 0.3 is 0 Å². The predicted molar refractivity (Wildman–Crippen MR) is 131 cm³/mol. The number of hydrogen-bond donors (Lipinski definition) is 1. The first kappa shape index (κ1) is 23.0. The van der Waals surface area contributed by atoms with Crippen LogP contribution < -0.4 is 5.32 Å². The number of halogens is 1. The third kappa shape index (κ3) is 5.14. The Morgan fingerprint density at radius 1 is 1.07 bits per heavy atom. The Hall–Kier alpha value is -1.68. The third-order valence-corrected chi connectivity index (χ3v) is 6.02. The predicted octanol–water partition coefficient (Wildman–Crippen LogP) is 3.08. The molecule has 8 heteroatoms. The van der Waals surface area contributed by atoms with Crippen molar-refractivity contribution in [3.05, 3.63) is 47.5 Å². The maximum absolute atomic E-state index is 4.89. The van der Waals surface area contributed by atoms with Crippen molar-refractivity contribution in [2.75, 3.05) is 32.7 Å². The first-order valence-electron chi connectivity index (χ1n) is 11.0. The van der Waals surface area contributed by atoms with Crippen LogP contribution in [0.2, 0.25) is 0 Å². The summed E-state index contributed by atoms with van der Waals surface area (Å²) < 4.78 is 2.23. The molecule has 1 unspecified atom stereocenters. The second-order valence-corrected chi connectivity index (χ2v) is 7.82. The van der Waals surface area contributed by atoms with Crippen LogP contribution >= 0.6 is 24.0 Å². The highest BCUT2D eigenvalue weighted by atomic mass is 127. The average molecular weight is 523 g/mol. The van der Waals surface area contributed by atoms with Gasteiger partial charge in [0.2, 0.25) is 0 Å². The number of piperazine rings is 1. The molecule has 30 heavy (non-hydrogen) atoms. The van der Waals surface area contributed by atoms with Crippen LogP contribution in [0.3, 0.4) is 0 Å². The number of guanidine groups is 1. The first-order valence-corrected chi connectivity index (χ1v) is 11.0. The van der Waals surface area contributed by atoms with Crippen molar-refractivity contribution in [1.82, 2.24) is 29.9 Å². The van der Waals surface area contributed by atoms with Crippen LogP contribution in [0.1, 0.15) is 49.9 Å². The molecule has 164 valence electrons. The van der Waals surface area contributed by atoms with E-state index in [0.717, 1.165) is 69.7 Å². The van der Waals surface area contributed by atoms with Crippen LogP contribution in [0.25, 0.3) is 0 Å². The smallest absolute Gasteiger partial charge is 0.194 e. The van der Waals surface area contributed by atoms with E-state index in [2.05, 4.69) is 74.1 Å². The summed E-state index contributed by atoms with van der Waals surface area (Å²) in [6.45, 7) is 11.0. The van der Waals surface area contributed by atoms with Gasteiger partial charge in [0.05, 0.1) is 0 Å². The number of fused-ring (bicyclic) bond motifs is 1. The summed E-state index contributed by atoms with van der Waals surface area (Å²) in [6.07, 6.45) is 3.35. The third-order valence-electron chi connectivity index (χ3n) is 6.02. The molecule has 2 aliphatic heterocycles. The Morgan fingerprint density at radius 2 is 1.83 bits per heavy atom. The molecule has 1 N–H and O–H groups in total. The van der Waals surface area contributed by atoms with Gasteiger partial charge in [-0.1, -0.05) is 37.3 Å². The van der Waals surface area contributed by atoms with Crippen LogP contribution in [0.15, 0.2) is 35.3 Å². The van der Waals surface area contributed by atoms with Gasteiger partial charge in [0.25, 0.3) is 0 Å². The highest BCUT2D eigenvalue weighted by Crippen LogP contribution is 2.25. The summed E-state index contributed by atoms with van der Waals surface area (Å²) in [6, 6.07) is 11.4. The van der Waals surface area contributed by atoms with Gasteiger partial charge in [-0.15, -0.1) is 34.2 Å². The lowest BCUT2D eigenvalue weighted by Gasteiger charge is -2.40. The van der Waals surface area contributed by atoms with E-state index in [-0.39, 0.29) is 24.0 Å². The molecule has 0 bridgehead atoms. The van der Waals surface area contributed by atoms with Crippen molar-refractivity contribution in [3.8, 4) is 0 Å². The van der Waals surface area contributed by atoms with Crippen LogP contribution in [0.4, 0.5) is 0 Å². The molecule has 1 saturated heterocycles. The SMILES string of the molecule is CCNC(=NCc1nnc2n1CCC2)N1CCN(C(CC)c2ccccc2)CC1.I. The molecule has 2 aliphatic rings. The normalized spacial score (nSPS) is 18.1. The van der Waals surface area contributed by atoms with E-state index in [1.165, 1.54) is 12.0 Å². The molecule has 1 atom stereocenters. The van der Waals surface area contributed by atoms with Crippen molar-refractivity contribution < 1.29 is 0 Å². The number of aromatic nitrogens is 3. The van der Waals surface area contributed by atoms with Crippen LogP contribution in [-0.2, 0) is 19.5 Å². The number of nitrogens with one attached hydrogen (secondary N) is 1. The van der Waals surface area contributed by atoms with E-state index in [1.54, 1.807) is 0 Å². The highest BCUT2D eigenvalue weighted by Gasteiger charge is 2.25. The maximum Gasteiger partial charge on any atom is 0.194 e. The molecule has 1 aromatic heterocycles. The minimum atomic E-state index is 0. The molecule has 1 fully saturated rings. The van der Waals surface area contributed by atoms with Crippen LogP contribution in [-0.4, -0.2) is 63.2 Å². The summed E-state index contributed by atoms with van der Waals surface area (Å²) in [7, 11) is 0. The number of aryl methyl sites for hydroxylation is 1. The largest absolute Gasteiger partial charge is 0.357 e. The lowest BCUT2D eigenvalue weighted by Crippen LogP contribution is -2.53. The number of hydrogen-bond acceptors (Lipinski definition) is 4. The average Bonchev–Trinajstić information content (AvgIpc) is 3.38. The second kappa shape index (κ2) is 11.1. The summed E-state index contributed by atoms with van der Waals surface area (Å²) >= 11 is 0. The molecule has 0 aliphatic carbocycles. The summed E-state index contributed by atoms with van der Waals surface area (Å²) in [5.74, 6) is 3.09. The van der Waals surface area contributed by atoms with Gasteiger partial charge in [-0.3, -0.25) is 4.90 Å². The van der Waals surface area contributed by atoms with Crippen molar-refractivity contribution in [2.24, 2.45) is 4.99 Å². The Labute approximate surface area is 197 Å². The van der Waals surface area contributed by atoms with Crippen molar-refractivity contribution in [1.29, 1.82) is 0 Å². The summed E-state index contributed by atoms with van der Waals surface area (Å²) in [5.41, 5.74) is 1.42. The molecule has 3 heterocycles. The van der Waals surface area contributed by atoms with Crippen LogP contribution in [0, 0.1) is 0 Å². The fraction of sp³-hybridized carbons (Fsp3) is 0.591. The zero-order valence-corrected chi connectivity index (χ0v) is 20.5. The van der Waals surface area contributed by atoms with E-state index in [4.69, 9.17) is 4.99 Å². The Morgan fingerprint density at radius 3 is 2.53 bits per heavy atom. The lowest BCUT2D eigenvalue weighted by atomic mass is 10.0. The lowest BCUT2D eigenvalue weighted by molar-refractivity contribution is 0.127. The highest BCUT2D eigenvalue weighted by molar-refractivity contribution is 14.0. The topological polar surface area (TPSA) is 61.6 Å². The van der Waals surface area contributed by atoms with Gasteiger partial charge in [0.1, 0.15) is 12.4 Å². The molecule has 0 saturated carbocycles. The quantitative estimate of drug-likeness (QED) is 0.359. The van der Waals surface area contributed by atoms with Gasteiger partial charge in [-0.2, -0.15) is 0 Å². The van der Waals surface area contributed by atoms with Gasteiger partial charge < -0.3 is 14.8 Å². The molecule has 0 spiro atoms. The van der Waals surface area contributed by atoms with Crippen molar-refractivity contribution >= 4 is 29.9 Å². The minimum Gasteiger partial charge on any atom is -0.357 e. The van der Waals surface area contributed by atoms with E-state index >= 15 is 0 Å². The van der Waals surface area contributed by atoms with Gasteiger partial charge in [-0.05, 0) is 25.3 Å². The Kier molecular flexibility index (Phi) is 8.50. The summed E-state index contributed by atoms with van der Waals surface area (Å²) in [5, 5.41) is 12.1. The van der Waals surface area contributed by atoms with E-state index in [1.807, 2.05) is 0 Å². The Balaban J connectivity index is 0.00000256. The van der Waals surface area contributed by atoms with Crippen LogP contribution in [0.5, 0.6) is 0 Å². The van der Waals surface area contributed by atoms with Crippen molar-refractivity contribution in [3.63, 3.8) is 0 Å². The van der Waals surface area contributed by atoms with Crippen molar-refractivity contribution in [2.45, 2.75) is 52.2 Å². The maximum atomic E-state index is 4.89. The first-order chi connectivity index (χ1) is 14.3. The molecule has 7 nitrogen and oxygen atoms in total. The molecule has 0 radical (unpaired) electrons. The van der Waals surface area contributed by atoms with Gasteiger partial charge in [-0.25, -0.2) is 4.99 Å². The van der Waals surface area contributed by atoms with Gasteiger partial charge in [0, 0.05) is 51.7 Å². The molecular formula is C22H34IN7. The second-order valence-electron chi connectivity index (χ2n) is 7.82. The fourth-order valence-electron chi connectivity index (χ4n) is 4.52.